The molecule has 12 heavy (non-hydrogen) atoms. The third kappa shape index (κ3) is 2.32. The van der Waals surface area contributed by atoms with E-state index in [0.29, 0.717) is 6.61 Å². The van der Waals surface area contributed by atoms with Gasteiger partial charge in [0.05, 0.1) is 22.5 Å². The molecule has 1 aliphatic rings. The summed E-state index contributed by atoms with van der Waals surface area (Å²) in [6, 6.07) is 9.54. The zero-order valence-electron chi connectivity index (χ0n) is 8.69. The minimum absolute atomic E-state index is 0.285. The fourth-order valence-electron chi connectivity index (χ4n) is 0.908. The van der Waals surface area contributed by atoms with Crippen LogP contribution in [0, 0.1) is 0 Å². The largest absolute Gasteiger partial charge is 0.374 e. The first kappa shape index (κ1) is 5.73. The van der Waals surface area contributed by atoms with Crippen LogP contribution in [0.15, 0.2) is 30.3 Å². The number of epoxide rings is 1. The van der Waals surface area contributed by atoms with E-state index in [1.165, 1.54) is 0 Å². The van der Waals surface area contributed by atoms with Crippen LogP contribution in [0.4, 0.5) is 0 Å². The Hall–Kier alpha value is -0.860. The maximum atomic E-state index is 7.51. The first-order valence-corrected chi connectivity index (χ1v) is 3.98. The van der Waals surface area contributed by atoms with Crippen molar-refractivity contribution in [1.29, 1.82) is 0 Å². The van der Waals surface area contributed by atoms with Crippen molar-refractivity contribution in [3.8, 4) is 0 Å². The number of hydrogen-bond acceptors (Lipinski definition) is 2. The second-order valence-corrected chi connectivity index (χ2v) is 2.71. The molecule has 1 fully saturated rings. The molecule has 1 atom stereocenters. The lowest BCUT2D eigenvalue weighted by Crippen LogP contribution is -2.00. The smallest absolute Gasteiger partial charge is 0.104 e. The van der Waals surface area contributed by atoms with E-state index in [1.54, 1.807) is 0 Å². The van der Waals surface area contributed by atoms with Gasteiger partial charge in [-0.05, 0) is 5.56 Å². The van der Waals surface area contributed by atoms with Gasteiger partial charge in [-0.2, -0.15) is 0 Å². The van der Waals surface area contributed by atoms with Gasteiger partial charge in [-0.25, -0.2) is 0 Å². The molecule has 0 saturated carbocycles. The fraction of sp³-hybridized carbons (Fsp3) is 0.400. The summed E-state index contributed by atoms with van der Waals surface area (Å²) < 4.78 is 25.0. The van der Waals surface area contributed by atoms with Crippen molar-refractivity contribution in [3.05, 3.63) is 35.9 Å². The van der Waals surface area contributed by atoms with Crippen molar-refractivity contribution in [2.45, 2.75) is 12.7 Å². The van der Waals surface area contributed by atoms with Crippen LogP contribution in [0.5, 0.6) is 0 Å². The van der Waals surface area contributed by atoms with Crippen molar-refractivity contribution in [2.75, 3.05) is 13.2 Å². The third-order valence-corrected chi connectivity index (χ3v) is 1.63. The zero-order chi connectivity index (χ0) is 10.0. The van der Waals surface area contributed by atoms with E-state index in [-0.39, 0.29) is 12.7 Å². The van der Waals surface area contributed by atoms with Crippen LogP contribution in [0.2, 0.25) is 0 Å². The Kier molecular flexibility index (Phi) is 1.76. The predicted octanol–water partition coefficient (Wildman–Crippen LogP) is 1.60. The molecule has 2 nitrogen and oxygen atoms in total. The number of hydrogen-bond donors (Lipinski definition) is 0. The van der Waals surface area contributed by atoms with Crippen molar-refractivity contribution in [2.24, 2.45) is 0 Å². The van der Waals surface area contributed by atoms with Crippen LogP contribution in [0.1, 0.15) is 8.30 Å². The monoisotopic (exact) mass is 166 g/mol. The molecular weight excluding hydrogens is 152 g/mol. The molecule has 0 N–H and O–H groups in total. The summed E-state index contributed by atoms with van der Waals surface area (Å²) in [5, 5.41) is 0. The Bertz CT molecular complexity index is 296. The molecule has 0 spiro atoms. The van der Waals surface area contributed by atoms with Crippen LogP contribution >= 0.6 is 0 Å². The molecule has 0 aromatic heterocycles. The van der Waals surface area contributed by atoms with Gasteiger partial charge in [-0.1, -0.05) is 30.3 Å². The predicted molar refractivity (Wildman–Crippen MR) is 45.8 cm³/mol. The zero-order valence-corrected chi connectivity index (χ0v) is 6.69. The minimum Gasteiger partial charge on any atom is -0.374 e. The van der Waals surface area contributed by atoms with Crippen LogP contribution in [0.25, 0.3) is 0 Å². The van der Waals surface area contributed by atoms with Crippen molar-refractivity contribution < 1.29 is 12.2 Å². The summed E-state index contributed by atoms with van der Waals surface area (Å²) >= 11 is 0. The lowest BCUT2D eigenvalue weighted by molar-refractivity contribution is 0.104. The van der Waals surface area contributed by atoms with Crippen LogP contribution in [0.3, 0.4) is 0 Å². The minimum atomic E-state index is -1.66. The van der Waals surface area contributed by atoms with Gasteiger partial charge in [0.15, 0.2) is 0 Å². The van der Waals surface area contributed by atoms with E-state index in [4.69, 9.17) is 12.2 Å². The summed E-state index contributed by atoms with van der Waals surface area (Å²) in [5.74, 6) is 0. The molecule has 1 aliphatic heterocycles. The standard InChI is InChI=1S/C10H12O2/c1-2-4-9(5-3-1)6-11-7-10-8-12-10/h1-5,10H,6-8H2/i7D2. The molecule has 1 aromatic carbocycles. The molecular formula is C10H12O2. The summed E-state index contributed by atoms with van der Waals surface area (Å²) in [6.07, 6.45) is -0.383. The van der Waals surface area contributed by atoms with E-state index in [1.807, 2.05) is 30.3 Å². The third-order valence-electron chi connectivity index (χ3n) is 1.63. The number of benzene rings is 1. The van der Waals surface area contributed by atoms with Gasteiger partial charge < -0.3 is 9.47 Å². The average Bonchev–Trinajstić information content (AvgIpc) is 3.00. The quantitative estimate of drug-likeness (QED) is 0.634. The second-order valence-electron chi connectivity index (χ2n) is 2.71. The average molecular weight is 166 g/mol. The number of rotatable bonds is 4. The van der Waals surface area contributed by atoms with E-state index in [2.05, 4.69) is 0 Å². The summed E-state index contributed by atoms with van der Waals surface area (Å²) in [6.45, 7) is -0.911. The highest BCUT2D eigenvalue weighted by Crippen LogP contribution is 2.10. The number of ether oxygens (including phenoxy) is 2. The van der Waals surface area contributed by atoms with E-state index < -0.39 is 6.56 Å². The molecule has 1 saturated heterocycles. The Morgan fingerprint density at radius 3 is 2.92 bits per heavy atom. The molecule has 1 heterocycles. The SMILES string of the molecule is [2H]C([2H])(OCc1ccccc1)C1CO1. The summed E-state index contributed by atoms with van der Waals surface area (Å²) in [4.78, 5) is 0. The van der Waals surface area contributed by atoms with Gasteiger partial charge in [0.1, 0.15) is 6.10 Å². The molecule has 2 heteroatoms. The molecule has 64 valence electrons. The Labute approximate surface area is 74.9 Å². The second kappa shape index (κ2) is 3.70. The van der Waals surface area contributed by atoms with Gasteiger partial charge in [0.2, 0.25) is 0 Å². The lowest BCUT2D eigenvalue weighted by atomic mass is 10.2. The van der Waals surface area contributed by atoms with Gasteiger partial charge in [-0.15, -0.1) is 0 Å². The van der Waals surface area contributed by atoms with Gasteiger partial charge in [0, 0.05) is 0 Å². The van der Waals surface area contributed by atoms with Crippen LogP contribution in [-0.4, -0.2) is 19.3 Å². The van der Waals surface area contributed by atoms with E-state index in [9.17, 15) is 0 Å². The Morgan fingerprint density at radius 1 is 1.50 bits per heavy atom. The first-order valence-electron chi connectivity index (χ1n) is 4.98. The van der Waals surface area contributed by atoms with Gasteiger partial charge >= 0.3 is 0 Å². The molecule has 1 aromatic rings. The van der Waals surface area contributed by atoms with Crippen LogP contribution < -0.4 is 0 Å². The maximum Gasteiger partial charge on any atom is 0.104 e. The highest BCUT2D eigenvalue weighted by Gasteiger charge is 2.21. The fourth-order valence-corrected chi connectivity index (χ4v) is 0.908. The maximum absolute atomic E-state index is 7.51. The van der Waals surface area contributed by atoms with E-state index >= 15 is 0 Å². The molecule has 0 bridgehead atoms. The van der Waals surface area contributed by atoms with Crippen molar-refractivity contribution in [1.82, 2.24) is 0 Å². The molecule has 2 rings (SSSR count). The first-order chi connectivity index (χ1) is 6.68. The van der Waals surface area contributed by atoms with Gasteiger partial charge in [0.25, 0.3) is 0 Å². The Morgan fingerprint density at radius 2 is 2.25 bits per heavy atom. The normalized spacial score (nSPS) is 24.5. The molecule has 1 unspecified atom stereocenters. The topological polar surface area (TPSA) is 21.8 Å². The highest BCUT2D eigenvalue weighted by atomic mass is 16.6. The van der Waals surface area contributed by atoms with Crippen molar-refractivity contribution in [3.63, 3.8) is 0 Å². The molecule has 0 radical (unpaired) electrons. The summed E-state index contributed by atoms with van der Waals surface area (Å²) in [7, 11) is 0. The summed E-state index contributed by atoms with van der Waals surface area (Å²) in [5.41, 5.74) is 0.969. The van der Waals surface area contributed by atoms with Crippen molar-refractivity contribution >= 4 is 0 Å². The lowest BCUT2D eigenvalue weighted by Gasteiger charge is -2.00. The molecule has 0 amide bonds. The van der Waals surface area contributed by atoms with E-state index in [0.717, 1.165) is 5.56 Å². The highest BCUT2D eigenvalue weighted by molar-refractivity contribution is 5.13. The van der Waals surface area contributed by atoms with Crippen LogP contribution in [-0.2, 0) is 16.1 Å². The van der Waals surface area contributed by atoms with Gasteiger partial charge in [-0.3, -0.25) is 0 Å². The Balaban J connectivity index is 1.87. The molecule has 0 aliphatic carbocycles.